The lowest BCUT2D eigenvalue weighted by molar-refractivity contribution is -0.142. The zero-order valence-electron chi connectivity index (χ0n) is 18.5. The second-order valence-electron chi connectivity index (χ2n) is 9.59. The molecule has 4 nitrogen and oxygen atoms in total. The van der Waals surface area contributed by atoms with Crippen LogP contribution in [0.15, 0.2) is 48.5 Å². The van der Waals surface area contributed by atoms with Crippen molar-refractivity contribution in [2.75, 3.05) is 27.2 Å². The molecule has 1 aliphatic rings. The number of hydrogen-bond acceptors (Lipinski definition) is 2. The summed E-state index contributed by atoms with van der Waals surface area (Å²) in [5, 5.41) is 0. The van der Waals surface area contributed by atoms with E-state index < -0.39 is 10.8 Å². The van der Waals surface area contributed by atoms with Gasteiger partial charge in [0.2, 0.25) is 11.8 Å². The van der Waals surface area contributed by atoms with Crippen molar-refractivity contribution in [1.29, 1.82) is 0 Å². The maximum absolute atomic E-state index is 13.3. The van der Waals surface area contributed by atoms with E-state index >= 15 is 0 Å². The molecule has 1 atom stereocenters. The third kappa shape index (κ3) is 4.55. The van der Waals surface area contributed by atoms with Gasteiger partial charge in [-0.3, -0.25) is 9.59 Å². The van der Waals surface area contributed by atoms with Gasteiger partial charge in [0.05, 0.1) is 5.41 Å². The van der Waals surface area contributed by atoms with Crippen LogP contribution < -0.4 is 0 Å². The Morgan fingerprint density at radius 2 is 1.73 bits per heavy atom. The topological polar surface area (TPSA) is 40.6 Å². The smallest absolute Gasteiger partial charge is 0.230 e. The molecule has 0 radical (unpaired) electrons. The summed E-state index contributed by atoms with van der Waals surface area (Å²) < 4.78 is 13.3. The van der Waals surface area contributed by atoms with Crippen LogP contribution in [0.3, 0.4) is 0 Å². The number of halogens is 1. The summed E-state index contributed by atoms with van der Waals surface area (Å²) >= 11 is 0. The second kappa shape index (κ2) is 8.21. The van der Waals surface area contributed by atoms with E-state index in [0.717, 1.165) is 16.7 Å². The summed E-state index contributed by atoms with van der Waals surface area (Å²) in [6, 6.07) is 14.5. The molecule has 2 amide bonds. The van der Waals surface area contributed by atoms with Gasteiger partial charge in [-0.05, 0) is 41.7 Å². The predicted molar refractivity (Wildman–Crippen MR) is 117 cm³/mol. The zero-order chi connectivity index (χ0) is 22.1. The van der Waals surface area contributed by atoms with Gasteiger partial charge in [0.25, 0.3) is 0 Å². The van der Waals surface area contributed by atoms with Crippen molar-refractivity contribution in [3.63, 3.8) is 0 Å². The Kier molecular flexibility index (Phi) is 6.02. The Labute approximate surface area is 178 Å². The Balaban J connectivity index is 1.90. The van der Waals surface area contributed by atoms with Crippen LogP contribution in [0.5, 0.6) is 0 Å². The van der Waals surface area contributed by atoms with E-state index in [1.165, 1.54) is 12.1 Å². The van der Waals surface area contributed by atoms with Crippen LogP contribution in [0.1, 0.15) is 32.8 Å². The first-order chi connectivity index (χ1) is 14.0. The van der Waals surface area contributed by atoms with Crippen LogP contribution in [-0.4, -0.2) is 48.8 Å². The summed E-state index contributed by atoms with van der Waals surface area (Å²) in [7, 11) is 3.54. The van der Waals surface area contributed by atoms with Crippen LogP contribution in [0, 0.1) is 16.6 Å². The SMILES string of the molecule is CN(C)C(=O)[C@]1(Cc2cccc(-c3ccc(F)cc3)c2)CCN(C(=O)C(C)(C)C)C1. The van der Waals surface area contributed by atoms with Crippen molar-refractivity contribution < 1.29 is 14.0 Å². The molecule has 160 valence electrons. The fourth-order valence-electron chi connectivity index (χ4n) is 4.28. The molecule has 1 saturated heterocycles. The molecule has 0 aromatic heterocycles. The van der Waals surface area contributed by atoms with Gasteiger partial charge in [0.15, 0.2) is 0 Å². The lowest BCUT2D eigenvalue weighted by Gasteiger charge is -2.32. The highest BCUT2D eigenvalue weighted by Crippen LogP contribution is 2.38. The fraction of sp³-hybridized carbons (Fsp3) is 0.440. The monoisotopic (exact) mass is 410 g/mol. The summed E-state index contributed by atoms with van der Waals surface area (Å²) in [4.78, 5) is 29.5. The molecule has 0 spiro atoms. The van der Waals surface area contributed by atoms with Crippen LogP contribution >= 0.6 is 0 Å². The lowest BCUT2D eigenvalue weighted by Crippen LogP contribution is -2.46. The van der Waals surface area contributed by atoms with E-state index in [1.807, 2.05) is 43.9 Å². The number of carbonyl (C=O) groups excluding carboxylic acids is 2. The van der Waals surface area contributed by atoms with Gasteiger partial charge in [-0.15, -0.1) is 0 Å². The number of carbonyl (C=O) groups is 2. The number of likely N-dealkylation sites (tertiary alicyclic amines) is 1. The quantitative estimate of drug-likeness (QED) is 0.750. The van der Waals surface area contributed by atoms with Crippen molar-refractivity contribution >= 4 is 11.8 Å². The number of hydrogen-bond donors (Lipinski definition) is 0. The third-order valence-electron chi connectivity index (χ3n) is 5.79. The maximum Gasteiger partial charge on any atom is 0.230 e. The predicted octanol–water partition coefficient (Wildman–Crippen LogP) is 4.39. The molecule has 2 aromatic rings. The van der Waals surface area contributed by atoms with Gasteiger partial charge >= 0.3 is 0 Å². The van der Waals surface area contributed by atoms with E-state index in [4.69, 9.17) is 0 Å². The number of nitrogens with zero attached hydrogens (tertiary/aromatic N) is 2. The van der Waals surface area contributed by atoms with Crippen LogP contribution in [0.2, 0.25) is 0 Å². The third-order valence-corrected chi connectivity index (χ3v) is 5.79. The Bertz CT molecular complexity index is 931. The second-order valence-corrected chi connectivity index (χ2v) is 9.59. The lowest BCUT2D eigenvalue weighted by atomic mass is 9.79. The highest BCUT2D eigenvalue weighted by molar-refractivity contribution is 5.87. The molecule has 1 fully saturated rings. The Morgan fingerprint density at radius 3 is 2.33 bits per heavy atom. The molecular formula is C25H31FN2O2. The Morgan fingerprint density at radius 1 is 1.07 bits per heavy atom. The largest absolute Gasteiger partial charge is 0.348 e. The van der Waals surface area contributed by atoms with Gasteiger partial charge in [-0.25, -0.2) is 4.39 Å². The molecule has 5 heteroatoms. The van der Waals surface area contributed by atoms with Crippen LogP contribution in [0.25, 0.3) is 11.1 Å². The molecule has 2 aromatic carbocycles. The normalized spacial score (nSPS) is 19.1. The molecule has 3 rings (SSSR count). The fourth-order valence-corrected chi connectivity index (χ4v) is 4.28. The summed E-state index contributed by atoms with van der Waals surface area (Å²) in [6.45, 7) is 6.76. The highest BCUT2D eigenvalue weighted by Gasteiger charge is 2.48. The van der Waals surface area contributed by atoms with Crippen molar-refractivity contribution in [2.45, 2.75) is 33.6 Å². The molecule has 0 bridgehead atoms. The molecule has 0 aliphatic carbocycles. The minimum Gasteiger partial charge on any atom is -0.348 e. The molecule has 30 heavy (non-hydrogen) atoms. The maximum atomic E-state index is 13.3. The van der Waals surface area contributed by atoms with E-state index in [9.17, 15) is 14.0 Å². The first kappa shape index (κ1) is 22.0. The van der Waals surface area contributed by atoms with Crippen LogP contribution in [0.4, 0.5) is 4.39 Å². The van der Waals surface area contributed by atoms with E-state index in [2.05, 4.69) is 6.07 Å². The molecule has 0 N–H and O–H groups in total. The minimum absolute atomic E-state index is 0.0545. The number of rotatable bonds is 4. The van der Waals surface area contributed by atoms with Crippen molar-refractivity contribution in [3.05, 3.63) is 59.9 Å². The van der Waals surface area contributed by atoms with E-state index in [0.29, 0.717) is 25.9 Å². The molecule has 1 aliphatic heterocycles. The van der Waals surface area contributed by atoms with Gasteiger partial charge in [-0.1, -0.05) is 57.2 Å². The number of amides is 2. The first-order valence-electron chi connectivity index (χ1n) is 10.4. The summed E-state index contributed by atoms with van der Waals surface area (Å²) in [5.41, 5.74) is 1.85. The zero-order valence-corrected chi connectivity index (χ0v) is 18.5. The Hall–Kier alpha value is -2.69. The average molecular weight is 411 g/mol. The molecule has 0 saturated carbocycles. The molecule has 0 unspecified atom stereocenters. The van der Waals surface area contributed by atoms with Crippen molar-refractivity contribution in [2.24, 2.45) is 10.8 Å². The van der Waals surface area contributed by atoms with Crippen molar-refractivity contribution in [1.82, 2.24) is 9.80 Å². The van der Waals surface area contributed by atoms with Gasteiger partial charge in [0.1, 0.15) is 5.82 Å². The summed E-state index contributed by atoms with van der Waals surface area (Å²) in [6.07, 6.45) is 1.21. The van der Waals surface area contributed by atoms with Crippen molar-refractivity contribution in [3.8, 4) is 11.1 Å². The van der Waals surface area contributed by atoms with Gasteiger partial charge in [-0.2, -0.15) is 0 Å². The van der Waals surface area contributed by atoms with E-state index in [-0.39, 0.29) is 17.6 Å². The highest BCUT2D eigenvalue weighted by atomic mass is 19.1. The van der Waals surface area contributed by atoms with Crippen LogP contribution in [-0.2, 0) is 16.0 Å². The standard InChI is InChI=1S/C25H31FN2O2/c1-24(2,3)22(29)28-14-13-25(17-28,23(30)27(4)5)16-18-7-6-8-20(15-18)19-9-11-21(26)12-10-19/h6-12,15H,13-14,16-17H2,1-5H3/t25-/m0/s1. The minimum atomic E-state index is -0.633. The summed E-state index contributed by atoms with van der Waals surface area (Å²) in [5.74, 6) is -0.130. The molecule has 1 heterocycles. The van der Waals surface area contributed by atoms with E-state index in [1.54, 1.807) is 31.1 Å². The average Bonchev–Trinajstić information content (AvgIpc) is 3.11. The molecular weight excluding hydrogens is 379 g/mol. The van der Waals surface area contributed by atoms with Gasteiger partial charge < -0.3 is 9.80 Å². The first-order valence-corrected chi connectivity index (χ1v) is 10.4. The number of benzene rings is 2. The van der Waals surface area contributed by atoms with Gasteiger partial charge in [0, 0.05) is 32.6 Å².